The quantitative estimate of drug-likeness (QED) is 0.700. The monoisotopic (exact) mass is 246 g/mol. The van der Waals surface area contributed by atoms with E-state index in [-0.39, 0.29) is 30.5 Å². The first-order valence-electron chi connectivity index (χ1n) is 4.48. The molecule has 0 saturated carbocycles. The number of nitrogens with zero attached hydrogens (tertiary/aromatic N) is 2. The first-order valence-corrected chi connectivity index (χ1v) is 7.18. The Hall–Kier alpha value is -0.950. The summed E-state index contributed by atoms with van der Waals surface area (Å²) in [6.45, 7) is 0.557. The van der Waals surface area contributed by atoms with Gasteiger partial charge in [-0.25, -0.2) is 13.4 Å². The van der Waals surface area contributed by atoms with Crippen LogP contribution in [0.25, 0.3) is 0 Å². The van der Waals surface area contributed by atoms with Crippen molar-refractivity contribution in [3.05, 3.63) is 16.6 Å². The Morgan fingerprint density at radius 1 is 1.40 bits per heavy atom. The van der Waals surface area contributed by atoms with Crippen molar-refractivity contribution in [2.24, 2.45) is 0 Å². The number of sulfone groups is 1. The Bertz CT molecular complexity index is 438. The molecular formula is C8H10N2O3S2. The Morgan fingerprint density at radius 2 is 2.07 bits per heavy atom. The van der Waals surface area contributed by atoms with Crippen LogP contribution in [0, 0.1) is 0 Å². The van der Waals surface area contributed by atoms with Crippen molar-refractivity contribution in [1.29, 1.82) is 0 Å². The van der Waals surface area contributed by atoms with Crippen molar-refractivity contribution in [3.8, 4) is 0 Å². The van der Waals surface area contributed by atoms with E-state index in [1.54, 1.807) is 16.5 Å². The zero-order valence-electron chi connectivity index (χ0n) is 7.92. The number of carbonyl (C=O) groups is 1. The molecule has 1 fully saturated rings. The van der Waals surface area contributed by atoms with Gasteiger partial charge in [-0.3, -0.25) is 4.79 Å². The average Bonchev–Trinajstić information content (AvgIpc) is 2.69. The van der Waals surface area contributed by atoms with Crippen LogP contribution in [0.2, 0.25) is 0 Å². The molecular weight excluding hydrogens is 236 g/mol. The lowest BCUT2D eigenvalue weighted by Gasteiger charge is -2.25. The lowest BCUT2D eigenvalue weighted by molar-refractivity contribution is 0.0770. The molecule has 0 radical (unpaired) electrons. The molecule has 0 spiro atoms. The summed E-state index contributed by atoms with van der Waals surface area (Å²) >= 11 is 1.27. The molecule has 15 heavy (non-hydrogen) atoms. The van der Waals surface area contributed by atoms with Gasteiger partial charge >= 0.3 is 0 Å². The summed E-state index contributed by atoms with van der Waals surface area (Å²) in [7, 11) is -2.93. The molecule has 0 aliphatic carbocycles. The Kier molecular flexibility index (Phi) is 2.74. The number of thiazole rings is 1. The van der Waals surface area contributed by atoms with Crippen LogP contribution in [0.4, 0.5) is 0 Å². The van der Waals surface area contributed by atoms with Gasteiger partial charge in [0.1, 0.15) is 0 Å². The van der Waals surface area contributed by atoms with Crippen molar-refractivity contribution in [1.82, 2.24) is 9.88 Å². The van der Waals surface area contributed by atoms with Crippen molar-refractivity contribution in [2.45, 2.75) is 0 Å². The fraction of sp³-hybridized carbons (Fsp3) is 0.500. The van der Waals surface area contributed by atoms with E-state index in [4.69, 9.17) is 0 Å². The summed E-state index contributed by atoms with van der Waals surface area (Å²) in [5, 5.41) is 2.16. The van der Waals surface area contributed by atoms with Crippen molar-refractivity contribution < 1.29 is 13.2 Å². The van der Waals surface area contributed by atoms with Gasteiger partial charge in [0.05, 0.1) is 11.5 Å². The van der Waals surface area contributed by atoms with E-state index in [1.165, 1.54) is 11.3 Å². The molecule has 1 aromatic rings. The minimum absolute atomic E-state index is 0.0596. The predicted molar refractivity (Wildman–Crippen MR) is 56.7 cm³/mol. The molecule has 5 nitrogen and oxygen atoms in total. The van der Waals surface area contributed by atoms with Crippen LogP contribution in [0.5, 0.6) is 0 Å². The molecule has 82 valence electrons. The minimum Gasteiger partial charge on any atom is -0.335 e. The van der Waals surface area contributed by atoms with Crippen molar-refractivity contribution in [3.63, 3.8) is 0 Å². The molecule has 0 aromatic carbocycles. The van der Waals surface area contributed by atoms with E-state index < -0.39 is 9.84 Å². The molecule has 0 N–H and O–H groups in total. The largest absolute Gasteiger partial charge is 0.335 e. The van der Waals surface area contributed by atoms with E-state index >= 15 is 0 Å². The van der Waals surface area contributed by atoms with Crippen LogP contribution in [0.15, 0.2) is 11.6 Å². The maximum Gasteiger partial charge on any atom is 0.282 e. The smallest absolute Gasteiger partial charge is 0.282 e. The van der Waals surface area contributed by atoms with Crippen molar-refractivity contribution >= 4 is 27.1 Å². The van der Waals surface area contributed by atoms with Crippen LogP contribution in [-0.2, 0) is 9.84 Å². The van der Waals surface area contributed by atoms with Gasteiger partial charge in [0.25, 0.3) is 5.91 Å². The molecule has 2 rings (SSSR count). The normalized spacial score (nSPS) is 20.1. The Labute approximate surface area is 91.7 Å². The summed E-state index contributed by atoms with van der Waals surface area (Å²) < 4.78 is 22.3. The number of hydrogen-bond acceptors (Lipinski definition) is 5. The fourth-order valence-corrected chi connectivity index (χ4v) is 3.18. The van der Waals surface area contributed by atoms with Gasteiger partial charge in [-0.2, -0.15) is 0 Å². The molecule has 1 aliphatic rings. The number of hydrogen-bond donors (Lipinski definition) is 0. The highest BCUT2D eigenvalue weighted by molar-refractivity contribution is 7.91. The average molecular weight is 246 g/mol. The predicted octanol–water partition coefficient (Wildman–Crippen LogP) is 0.0137. The summed E-state index contributed by atoms with van der Waals surface area (Å²) in [4.78, 5) is 17.2. The molecule has 1 aliphatic heterocycles. The topological polar surface area (TPSA) is 67.3 Å². The van der Waals surface area contributed by atoms with Gasteiger partial charge in [-0.05, 0) is 0 Å². The lowest BCUT2D eigenvalue weighted by Crippen LogP contribution is -2.43. The molecule has 1 aromatic heterocycles. The second-order valence-electron chi connectivity index (χ2n) is 3.28. The second kappa shape index (κ2) is 3.90. The van der Waals surface area contributed by atoms with Crippen molar-refractivity contribution in [2.75, 3.05) is 24.6 Å². The van der Waals surface area contributed by atoms with E-state index in [0.29, 0.717) is 5.01 Å². The van der Waals surface area contributed by atoms with Crippen LogP contribution >= 0.6 is 11.3 Å². The molecule has 0 atom stereocenters. The zero-order chi connectivity index (χ0) is 10.9. The number of rotatable bonds is 1. The Balaban J connectivity index is 2.06. The summed E-state index contributed by atoms with van der Waals surface area (Å²) in [5.41, 5.74) is 0. The van der Waals surface area contributed by atoms with Gasteiger partial charge in [0.15, 0.2) is 14.8 Å². The summed E-state index contributed by atoms with van der Waals surface area (Å²) in [5.74, 6) is -0.0475. The molecule has 1 saturated heterocycles. The van der Waals surface area contributed by atoms with E-state index in [2.05, 4.69) is 4.98 Å². The van der Waals surface area contributed by atoms with E-state index in [1.807, 2.05) is 0 Å². The molecule has 7 heteroatoms. The first-order chi connectivity index (χ1) is 7.08. The van der Waals surface area contributed by atoms with Crippen LogP contribution in [0.3, 0.4) is 0 Å². The second-order valence-corrected chi connectivity index (χ2v) is 6.48. The van der Waals surface area contributed by atoms with E-state index in [9.17, 15) is 13.2 Å². The van der Waals surface area contributed by atoms with Gasteiger partial charge in [0, 0.05) is 24.7 Å². The Morgan fingerprint density at radius 3 is 2.60 bits per heavy atom. The van der Waals surface area contributed by atoms with Gasteiger partial charge < -0.3 is 4.90 Å². The number of aromatic nitrogens is 1. The van der Waals surface area contributed by atoms with Crippen LogP contribution in [0.1, 0.15) is 9.80 Å². The number of carbonyl (C=O) groups excluding carboxylic acids is 1. The third-order valence-electron chi connectivity index (χ3n) is 2.25. The summed E-state index contributed by atoms with van der Waals surface area (Å²) in [6, 6.07) is 0. The van der Waals surface area contributed by atoms with Crippen LogP contribution < -0.4 is 0 Å². The molecule has 0 unspecified atom stereocenters. The molecule has 2 heterocycles. The van der Waals surface area contributed by atoms with Gasteiger partial charge in [-0.15, -0.1) is 11.3 Å². The highest BCUT2D eigenvalue weighted by Crippen LogP contribution is 2.11. The van der Waals surface area contributed by atoms with Crippen LogP contribution in [-0.4, -0.2) is 48.8 Å². The van der Waals surface area contributed by atoms with Gasteiger partial charge in [-0.1, -0.05) is 0 Å². The SMILES string of the molecule is O=C(c1nccs1)N1CCS(=O)(=O)CC1. The highest BCUT2D eigenvalue weighted by Gasteiger charge is 2.26. The maximum atomic E-state index is 11.8. The van der Waals surface area contributed by atoms with E-state index in [0.717, 1.165) is 0 Å². The van der Waals surface area contributed by atoms with Gasteiger partial charge in [0.2, 0.25) is 0 Å². The fourth-order valence-electron chi connectivity index (χ4n) is 1.38. The third-order valence-corrected chi connectivity index (χ3v) is 4.62. The first kappa shape index (κ1) is 10.6. The molecule has 0 bridgehead atoms. The third kappa shape index (κ3) is 2.35. The zero-order valence-corrected chi connectivity index (χ0v) is 9.55. The number of amides is 1. The highest BCUT2D eigenvalue weighted by atomic mass is 32.2. The summed E-state index contributed by atoms with van der Waals surface area (Å²) in [6.07, 6.45) is 1.57. The standard InChI is InChI=1S/C8H10N2O3S2/c11-8(7-9-1-4-14-7)10-2-5-15(12,13)6-3-10/h1,4H,2-3,5-6H2. The lowest BCUT2D eigenvalue weighted by atomic mass is 10.4. The maximum absolute atomic E-state index is 11.8. The molecule has 1 amide bonds. The minimum atomic E-state index is -2.93.